The first kappa shape index (κ1) is 14.9. The molecule has 0 radical (unpaired) electrons. The summed E-state index contributed by atoms with van der Waals surface area (Å²) in [7, 11) is 0. The van der Waals surface area contributed by atoms with Gasteiger partial charge in [-0.3, -0.25) is 0 Å². The Morgan fingerprint density at radius 2 is 1.67 bits per heavy atom. The fourth-order valence-corrected chi connectivity index (χ4v) is 4.49. The molecule has 0 spiro atoms. The molecule has 3 atom stereocenters. The molecular formula is C19H30N2. The standard InChI is InChI=1S/C19H30N2/c1-13-11-14(2)19(15(3)12-13)21-18-8-5-4-7-16(18)17-9-6-10-20-17/h11-12,16-18,20-21H,4-10H2,1-3H3. The van der Waals surface area contributed by atoms with Gasteiger partial charge >= 0.3 is 0 Å². The third-order valence-corrected chi connectivity index (χ3v) is 5.44. The van der Waals surface area contributed by atoms with Crippen molar-refractivity contribution in [2.75, 3.05) is 11.9 Å². The first-order valence-corrected chi connectivity index (χ1v) is 8.73. The van der Waals surface area contributed by atoms with Gasteiger partial charge in [0.2, 0.25) is 0 Å². The van der Waals surface area contributed by atoms with Gasteiger partial charge in [0, 0.05) is 17.8 Å². The minimum atomic E-state index is 0.648. The maximum atomic E-state index is 3.93. The van der Waals surface area contributed by atoms with Crippen LogP contribution in [0.3, 0.4) is 0 Å². The monoisotopic (exact) mass is 286 g/mol. The van der Waals surface area contributed by atoms with E-state index in [2.05, 4.69) is 43.5 Å². The normalized spacial score (nSPS) is 29.6. The van der Waals surface area contributed by atoms with Crippen LogP contribution in [-0.2, 0) is 0 Å². The number of hydrogen-bond donors (Lipinski definition) is 2. The average molecular weight is 286 g/mol. The zero-order valence-electron chi connectivity index (χ0n) is 13.8. The maximum absolute atomic E-state index is 3.93. The molecule has 1 aromatic carbocycles. The van der Waals surface area contributed by atoms with E-state index in [1.54, 1.807) is 0 Å². The number of hydrogen-bond acceptors (Lipinski definition) is 2. The van der Waals surface area contributed by atoms with Crippen molar-refractivity contribution in [1.82, 2.24) is 5.32 Å². The molecule has 2 heteroatoms. The molecule has 21 heavy (non-hydrogen) atoms. The number of aryl methyl sites for hydroxylation is 3. The second-order valence-electron chi connectivity index (χ2n) is 7.18. The molecule has 3 rings (SSSR count). The fourth-order valence-electron chi connectivity index (χ4n) is 4.49. The molecule has 1 heterocycles. The summed E-state index contributed by atoms with van der Waals surface area (Å²) < 4.78 is 0. The van der Waals surface area contributed by atoms with E-state index in [1.807, 2.05) is 0 Å². The summed E-state index contributed by atoms with van der Waals surface area (Å²) in [5, 5.41) is 7.67. The quantitative estimate of drug-likeness (QED) is 0.864. The zero-order chi connectivity index (χ0) is 14.8. The van der Waals surface area contributed by atoms with E-state index >= 15 is 0 Å². The lowest BCUT2D eigenvalue weighted by Gasteiger charge is -2.37. The van der Waals surface area contributed by atoms with Gasteiger partial charge in [-0.05, 0) is 70.0 Å². The van der Waals surface area contributed by atoms with E-state index in [9.17, 15) is 0 Å². The number of nitrogens with one attached hydrogen (secondary N) is 2. The van der Waals surface area contributed by atoms with Gasteiger partial charge in [0.25, 0.3) is 0 Å². The Hall–Kier alpha value is -1.02. The summed E-state index contributed by atoms with van der Waals surface area (Å²) >= 11 is 0. The van der Waals surface area contributed by atoms with Crippen molar-refractivity contribution >= 4 is 5.69 Å². The molecule has 2 nitrogen and oxygen atoms in total. The first-order chi connectivity index (χ1) is 10.1. The second kappa shape index (κ2) is 6.39. The van der Waals surface area contributed by atoms with Crippen LogP contribution in [0.25, 0.3) is 0 Å². The largest absolute Gasteiger partial charge is 0.382 e. The molecule has 116 valence electrons. The van der Waals surface area contributed by atoms with Crippen LogP contribution in [0.4, 0.5) is 5.69 Å². The predicted molar refractivity (Wildman–Crippen MR) is 91.0 cm³/mol. The van der Waals surface area contributed by atoms with Crippen molar-refractivity contribution in [1.29, 1.82) is 0 Å². The minimum absolute atomic E-state index is 0.648. The minimum Gasteiger partial charge on any atom is -0.382 e. The molecule has 2 aliphatic rings. The molecule has 3 unspecified atom stereocenters. The van der Waals surface area contributed by atoms with Crippen molar-refractivity contribution in [3.63, 3.8) is 0 Å². The molecule has 0 bridgehead atoms. The summed E-state index contributed by atoms with van der Waals surface area (Å²) in [6.45, 7) is 7.90. The van der Waals surface area contributed by atoms with Gasteiger partial charge in [0.15, 0.2) is 0 Å². The summed E-state index contributed by atoms with van der Waals surface area (Å²) in [4.78, 5) is 0. The Balaban J connectivity index is 1.78. The van der Waals surface area contributed by atoms with Crippen LogP contribution in [0, 0.1) is 26.7 Å². The lowest BCUT2D eigenvalue weighted by Crippen LogP contribution is -2.43. The van der Waals surface area contributed by atoms with Crippen LogP contribution in [0.2, 0.25) is 0 Å². The van der Waals surface area contributed by atoms with Crippen LogP contribution in [-0.4, -0.2) is 18.6 Å². The van der Waals surface area contributed by atoms with Gasteiger partial charge in [-0.1, -0.05) is 30.5 Å². The van der Waals surface area contributed by atoms with Gasteiger partial charge in [-0.15, -0.1) is 0 Å². The Bertz CT molecular complexity index is 465. The molecular weight excluding hydrogens is 256 g/mol. The third kappa shape index (κ3) is 3.26. The first-order valence-electron chi connectivity index (χ1n) is 8.73. The van der Waals surface area contributed by atoms with E-state index in [0.717, 1.165) is 12.0 Å². The van der Waals surface area contributed by atoms with Gasteiger partial charge in [0.1, 0.15) is 0 Å². The Labute approximate surface area is 129 Å². The number of anilines is 1. The molecule has 1 saturated carbocycles. The Morgan fingerprint density at radius 3 is 2.33 bits per heavy atom. The highest BCUT2D eigenvalue weighted by atomic mass is 15.0. The molecule has 0 aromatic heterocycles. The lowest BCUT2D eigenvalue weighted by molar-refractivity contribution is 0.262. The van der Waals surface area contributed by atoms with Crippen molar-refractivity contribution in [3.8, 4) is 0 Å². The SMILES string of the molecule is Cc1cc(C)c(NC2CCCCC2C2CCCN2)c(C)c1. The van der Waals surface area contributed by atoms with Crippen molar-refractivity contribution in [3.05, 3.63) is 28.8 Å². The summed E-state index contributed by atoms with van der Waals surface area (Å²) in [5.41, 5.74) is 5.55. The molecule has 1 saturated heterocycles. The topological polar surface area (TPSA) is 24.1 Å². The summed E-state index contributed by atoms with van der Waals surface area (Å²) in [6, 6.07) is 6.01. The zero-order valence-corrected chi connectivity index (χ0v) is 13.8. The third-order valence-electron chi connectivity index (χ3n) is 5.44. The van der Waals surface area contributed by atoms with Crippen LogP contribution >= 0.6 is 0 Å². The van der Waals surface area contributed by atoms with Crippen molar-refractivity contribution < 1.29 is 0 Å². The summed E-state index contributed by atoms with van der Waals surface area (Å²) in [6.07, 6.45) is 8.23. The van der Waals surface area contributed by atoms with Crippen LogP contribution in [0.1, 0.15) is 55.2 Å². The van der Waals surface area contributed by atoms with Crippen LogP contribution in [0.5, 0.6) is 0 Å². The molecule has 1 aliphatic carbocycles. The van der Waals surface area contributed by atoms with Crippen molar-refractivity contribution in [2.24, 2.45) is 5.92 Å². The molecule has 2 N–H and O–H groups in total. The van der Waals surface area contributed by atoms with Crippen LogP contribution < -0.4 is 10.6 Å². The van der Waals surface area contributed by atoms with Gasteiger partial charge < -0.3 is 10.6 Å². The van der Waals surface area contributed by atoms with E-state index in [-0.39, 0.29) is 0 Å². The highest BCUT2D eigenvalue weighted by Crippen LogP contribution is 2.34. The maximum Gasteiger partial charge on any atom is 0.0402 e. The number of rotatable bonds is 3. The Kier molecular flexibility index (Phi) is 4.54. The van der Waals surface area contributed by atoms with Crippen LogP contribution in [0.15, 0.2) is 12.1 Å². The molecule has 0 amide bonds. The Morgan fingerprint density at radius 1 is 0.952 bits per heavy atom. The predicted octanol–water partition coefficient (Wildman–Crippen LogP) is 4.33. The molecule has 2 fully saturated rings. The van der Waals surface area contributed by atoms with E-state index in [1.165, 1.54) is 67.4 Å². The second-order valence-corrected chi connectivity index (χ2v) is 7.18. The van der Waals surface area contributed by atoms with Gasteiger partial charge in [0.05, 0.1) is 0 Å². The fraction of sp³-hybridized carbons (Fsp3) is 0.684. The molecule has 1 aromatic rings. The summed E-state index contributed by atoms with van der Waals surface area (Å²) in [5.74, 6) is 0.807. The van der Waals surface area contributed by atoms with Gasteiger partial charge in [-0.25, -0.2) is 0 Å². The highest BCUT2D eigenvalue weighted by molar-refractivity contribution is 5.58. The highest BCUT2D eigenvalue weighted by Gasteiger charge is 2.33. The number of benzene rings is 1. The average Bonchev–Trinajstić information content (AvgIpc) is 2.97. The van der Waals surface area contributed by atoms with E-state index < -0.39 is 0 Å². The van der Waals surface area contributed by atoms with Gasteiger partial charge in [-0.2, -0.15) is 0 Å². The van der Waals surface area contributed by atoms with E-state index in [0.29, 0.717) is 6.04 Å². The molecule has 1 aliphatic heterocycles. The van der Waals surface area contributed by atoms with E-state index in [4.69, 9.17) is 0 Å². The lowest BCUT2D eigenvalue weighted by atomic mass is 9.79. The van der Waals surface area contributed by atoms with Crippen molar-refractivity contribution in [2.45, 2.75) is 71.4 Å². The smallest absolute Gasteiger partial charge is 0.0402 e.